The Morgan fingerprint density at radius 3 is 2.66 bits per heavy atom. The molecule has 6 nitrogen and oxygen atoms in total. The van der Waals surface area contributed by atoms with Gasteiger partial charge in [0.05, 0.1) is 30.5 Å². The molecular formula is C27H35N3O3S2. The molecule has 0 N–H and O–H groups in total. The van der Waals surface area contributed by atoms with Crippen molar-refractivity contribution in [1.82, 2.24) is 9.88 Å². The third-order valence-electron chi connectivity index (χ3n) is 6.43. The van der Waals surface area contributed by atoms with Crippen LogP contribution in [0.3, 0.4) is 0 Å². The van der Waals surface area contributed by atoms with Gasteiger partial charge in [-0.05, 0) is 73.9 Å². The van der Waals surface area contributed by atoms with E-state index >= 15 is 0 Å². The fraction of sp³-hybridized carbons (Fsp3) is 0.481. The van der Waals surface area contributed by atoms with Gasteiger partial charge in [-0.3, -0.25) is 14.6 Å². The molecule has 1 aliphatic heterocycles. The number of rotatable bonds is 11. The monoisotopic (exact) mass is 513 g/mol. The lowest BCUT2D eigenvalue weighted by molar-refractivity contribution is -0.118. The van der Waals surface area contributed by atoms with Crippen LogP contribution in [0.4, 0.5) is 5.13 Å². The maximum atomic E-state index is 13.4. The summed E-state index contributed by atoms with van der Waals surface area (Å²) in [4.78, 5) is 23.8. The number of carbonyl (C=O) groups excluding carboxylic acids is 1. The number of fused-ring (bicyclic) bond motifs is 1. The third-order valence-corrected chi connectivity index (χ3v) is 8.57. The molecule has 0 radical (unpaired) electrons. The molecule has 8 heteroatoms. The van der Waals surface area contributed by atoms with Crippen molar-refractivity contribution in [2.45, 2.75) is 38.0 Å². The van der Waals surface area contributed by atoms with E-state index in [1.165, 1.54) is 16.0 Å². The standard InChI is InChI=1S/C27H35N3O3S2/c1-20-7-12-24-26(21(20)2)28-27(35-24)30(14-5-13-29-15-17-33-18-16-29)25(31)6-4-19-34-23-10-8-22(32-3)9-11-23/h7-12H,4-6,13-19H2,1-3H3. The Balaban J connectivity index is 1.38. The molecular weight excluding hydrogens is 478 g/mol. The van der Waals surface area contributed by atoms with Crippen molar-refractivity contribution < 1.29 is 14.3 Å². The van der Waals surface area contributed by atoms with Gasteiger partial charge in [0.15, 0.2) is 5.13 Å². The minimum Gasteiger partial charge on any atom is -0.497 e. The molecule has 0 spiro atoms. The second-order valence-electron chi connectivity index (χ2n) is 8.83. The van der Waals surface area contributed by atoms with Crippen molar-refractivity contribution >= 4 is 44.4 Å². The quantitative estimate of drug-likeness (QED) is 0.248. The summed E-state index contributed by atoms with van der Waals surface area (Å²) in [5.41, 5.74) is 3.45. The molecule has 0 unspecified atom stereocenters. The first-order valence-electron chi connectivity index (χ1n) is 12.3. The van der Waals surface area contributed by atoms with Gasteiger partial charge in [-0.15, -0.1) is 11.8 Å². The third kappa shape index (κ3) is 6.97. The fourth-order valence-corrected chi connectivity index (χ4v) is 6.08. The predicted molar refractivity (Wildman–Crippen MR) is 146 cm³/mol. The molecule has 0 atom stereocenters. The molecule has 1 fully saturated rings. The second-order valence-corrected chi connectivity index (χ2v) is 11.0. The number of hydrogen-bond acceptors (Lipinski definition) is 7. The maximum Gasteiger partial charge on any atom is 0.228 e. The number of ether oxygens (including phenoxy) is 2. The van der Waals surface area contributed by atoms with Crippen LogP contribution < -0.4 is 9.64 Å². The van der Waals surface area contributed by atoms with Crippen molar-refractivity contribution in [2.24, 2.45) is 0 Å². The number of methoxy groups -OCH3 is 1. The van der Waals surface area contributed by atoms with Crippen LogP contribution in [0.15, 0.2) is 41.3 Å². The van der Waals surface area contributed by atoms with Crippen LogP contribution in [0.1, 0.15) is 30.4 Å². The first kappa shape index (κ1) is 25.9. The van der Waals surface area contributed by atoms with Gasteiger partial charge >= 0.3 is 0 Å². The lowest BCUT2D eigenvalue weighted by Crippen LogP contribution is -2.39. The van der Waals surface area contributed by atoms with E-state index in [9.17, 15) is 4.79 Å². The van der Waals surface area contributed by atoms with Crippen molar-refractivity contribution in [2.75, 3.05) is 57.2 Å². The zero-order valence-corrected chi connectivity index (χ0v) is 22.6. The number of benzene rings is 2. The van der Waals surface area contributed by atoms with Gasteiger partial charge in [0, 0.05) is 37.5 Å². The first-order valence-corrected chi connectivity index (χ1v) is 14.1. The molecule has 1 amide bonds. The van der Waals surface area contributed by atoms with Crippen molar-refractivity contribution in [3.63, 3.8) is 0 Å². The average Bonchev–Trinajstić information content (AvgIpc) is 3.32. The number of hydrogen-bond donors (Lipinski definition) is 0. The molecule has 0 saturated carbocycles. The molecule has 2 heterocycles. The van der Waals surface area contributed by atoms with E-state index < -0.39 is 0 Å². The minimum absolute atomic E-state index is 0.163. The molecule has 2 aromatic carbocycles. The largest absolute Gasteiger partial charge is 0.497 e. The Labute approximate surface area is 216 Å². The Kier molecular flexibility index (Phi) is 9.43. The summed E-state index contributed by atoms with van der Waals surface area (Å²) in [7, 11) is 1.67. The molecule has 1 aromatic heterocycles. The molecule has 3 aromatic rings. The Bertz CT molecular complexity index is 1110. The Morgan fingerprint density at radius 1 is 1.14 bits per heavy atom. The highest BCUT2D eigenvalue weighted by atomic mass is 32.2. The van der Waals surface area contributed by atoms with Crippen molar-refractivity contribution in [3.8, 4) is 5.75 Å². The molecule has 0 bridgehead atoms. The average molecular weight is 514 g/mol. The molecule has 188 valence electrons. The summed E-state index contributed by atoms with van der Waals surface area (Å²) in [5.74, 6) is 1.92. The molecule has 35 heavy (non-hydrogen) atoms. The summed E-state index contributed by atoms with van der Waals surface area (Å²) in [6.07, 6.45) is 2.29. The van der Waals surface area contributed by atoms with Crippen LogP contribution in [0.2, 0.25) is 0 Å². The highest BCUT2D eigenvalue weighted by Gasteiger charge is 2.21. The van der Waals surface area contributed by atoms with Gasteiger partial charge in [-0.25, -0.2) is 4.98 Å². The van der Waals surface area contributed by atoms with Gasteiger partial charge in [0.1, 0.15) is 5.75 Å². The molecule has 0 aliphatic carbocycles. The Hall–Kier alpha value is -2.13. The van der Waals surface area contributed by atoms with E-state index in [1.54, 1.807) is 30.2 Å². The molecule has 1 saturated heterocycles. The number of morpholine rings is 1. The number of nitrogens with zero attached hydrogens (tertiary/aromatic N) is 3. The molecule has 4 rings (SSSR count). The van der Waals surface area contributed by atoms with E-state index in [-0.39, 0.29) is 5.91 Å². The topological polar surface area (TPSA) is 54.9 Å². The van der Waals surface area contributed by atoms with Crippen LogP contribution in [-0.2, 0) is 9.53 Å². The van der Waals surface area contributed by atoms with E-state index in [4.69, 9.17) is 14.5 Å². The smallest absolute Gasteiger partial charge is 0.228 e. The van der Waals surface area contributed by atoms with Gasteiger partial charge in [0.25, 0.3) is 0 Å². The SMILES string of the molecule is COc1ccc(SCCCC(=O)N(CCCN2CCOCC2)c2nc3c(C)c(C)ccc3s2)cc1. The predicted octanol–water partition coefficient (Wildman–Crippen LogP) is 5.55. The summed E-state index contributed by atoms with van der Waals surface area (Å²) >= 11 is 3.40. The number of thiazole rings is 1. The lowest BCUT2D eigenvalue weighted by Gasteiger charge is -2.27. The van der Waals surface area contributed by atoms with Crippen molar-refractivity contribution in [3.05, 3.63) is 47.5 Å². The van der Waals surface area contributed by atoms with Crippen LogP contribution >= 0.6 is 23.1 Å². The zero-order valence-electron chi connectivity index (χ0n) is 20.9. The van der Waals surface area contributed by atoms with Gasteiger partial charge in [-0.2, -0.15) is 0 Å². The van der Waals surface area contributed by atoms with Gasteiger partial charge < -0.3 is 9.47 Å². The zero-order chi connectivity index (χ0) is 24.6. The summed E-state index contributed by atoms with van der Waals surface area (Å²) in [6.45, 7) is 9.42. The maximum absolute atomic E-state index is 13.4. The van der Waals surface area contributed by atoms with E-state index in [0.29, 0.717) is 13.0 Å². The Morgan fingerprint density at radius 2 is 1.91 bits per heavy atom. The number of thioether (sulfide) groups is 1. The number of anilines is 1. The number of amides is 1. The van der Waals surface area contributed by atoms with E-state index in [2.05, 4.69) is 43.0 Å². The second kappa shape index (κ2) is 12.7. The summed E-state index contributed by atoms with van der Waals surface area (Å²) in [6, 6.07) is 12.3. The van der Waals surface area contributed by atoms with Crippen LogP contribution in [0.5, 0.6) is 5.75 Å². The van der Waals surface area contributed by atoms with Crippen LogP contribution in [0, 0.1) is 13.8 Å². The van der Waals surface area contributed by atoms with E-state index in [1.807, 2.05) is 17.0 Å². The minimum atomic E-state index is 0.163. The number of carbonyl (C=O) groups is 1. The first-order chi connectivity index (χ1) is 17.0. The summed E-state index contributed by atoms with van der Waals surface area (Å²) < 4.78 is 11.8. The number of aryl methyl sites for hydroxylation is 2. The molecule has 1 aliphatic rings. The highest BCUT2D eigenvalue weighted by Crippen LogP contribution is 2.32. The van der Waals surface area contributed by atoms with Gasteiger partial charge in [-0.1, -0.05) is 17.4 Å². The summed E-state index contributed by atoms with van der Waals surface area (Å²) in [5, 5.41) is 0.823. The normalized spacial score (nSPS) is 14.4. The van der Waals surface area contributed by atoms with Crippen LogP contribution in [0.25, 0.3) is 10.2 Å². The van der Waals surface area contributed by atoms with E-state index in [0.717, 1.165) is 72.5 Å². The fourth-order valence-electron chi connectivity index (χ4n) is 4.15. The lowest BCUT2D eigenvalue weighted by atomic mass is 10.1. The number of aromatic nitrogens is 1. The van der Waals surface area contributed by atoms with Crippen LogP contribution in [-0.4, -0.2) is 68.0 Å². The highest BCUT2D eigenvalue weighted by molar-refractivity contribution is 7.99. The van der Waals surface area contributed by atoms with Crippen molar-refractivity contribution in [1.29, 1.82) is 0 Å². The van der Waals surface area contributed by atoms with Gasteiger partial charge in [0.2, 0.25) is 5.91 Å².